The van der Waals surface area contributed by atoms with Crippen LogP contribution in [-0.2, 0) is 14.6 Å². The molecule has 2 saturated heterocycles. The number of amides is 1. The predicted molar refractivity (Wildman–Crippen MR) is 125 cm³/mol. The number of carbonyl (C=O) groups is 1. The van der Waals surface area contributed by atoms with Gasteiger partial charge in [-0.2, -0.15) is 5.10 Å². The minimum Gasteiger partial charge on any atom is -0.358 e. The van der Waals surface area contributed by atoms with Crippen molar-refractivity contribution < 1.29 is 13.2 Å². The number of sulfone groups is 1. The number of piperidine rings is 1. The van der Waals surface area contributed by atoms with Gasteiger partial charge in [0.25, 0.3) is 0 Å². The quantitative estimate of drug-likeness (QED) is 0.616. The van der Waals surface area contributed by atoms with Gasteiger partial charge < -0.3 is 10.3 Å². The summed E-state index contributed by atoms with van der Waals surface area (Å²) in [5.41, 5.74) is 3.22. The molecule has 9 heteroatoms. The molecule has 8 nitrogen and oxygen atoms in total. The summed E-state index contributed by atoms with van der Waals surface area (Å²) in [6, 6.07) is 12.2. The number of fused-ring (bicyclic) bond motifs is 1. The van der Waals surface area contributed by atoms with Crippen LogP contribution in [0.5, 0.6) is 0 Å². The van der Waals surface area contributed by atoms with Gasteiger partial charge in [0, 0.05) is 23.2 Å². The van der Waals surface area contributed by atoms with E-state index < -0.39 is 9.84 Å². The van der Waals surface area contributed by atoms with E-state index in [0.717, 1.165) is 31.6 Å². The van der Waals surface area contributed by atoms with E-state index in [9.17, 15) is 13.2 Å². The Kier molecular flexibility index (Phi) is 5.54. The molecule has 0 bridgehead atoms. The van der Waals surface area contributed by atoms with Crippen molar-refractivity contribution in [3.8, 4) is 0 Å². The normalized spacial score (nSPS) is 21.8. The van der Waals surface area contributed by atoms with Crippen molar-refractivity contribution in [1.29, 1.82) is 0 Å². The molecule has 1 unspecified atom stereocenters. The smallest absolute Gasteiger partial charge is 0.239 e. The molecule has 32 heavy (non-hydrogen) atoms. The highest BCUT2D eigenvalue weighted by atomic mass is 32.2. The van der Waals surface area contributed by atoms with Gasteiger partial charge in [-0.3, -0.25) is 9.69 Å². The maximum Gasteiger partial charge on any atom is 0.239 e. The average molecular weight is 456 g/mol. The van der Waals surface area contributed by atoms with Crippen LogP contribution in [0.25, 0.3) is 10.9 Å². The molecular weight excluding hydrogens is 426 g/mol. The number of aromatic amines is 1. The third kappa shape index (κ3) is 4.45. The van der Waals surface area contributed by atoms with Gasteiger partial charge in [0.1, 0.15) is 5.82 Å². The van der Waals surface area contributed by atoms with Crippen LogP contribution in [0.15, 0.2) is 36.4 Å². The summed E-state index contributed by atoms with van der Waals surface area (Å²) in [5.74, 6) is 1.24. The van der Waals surface area contributed by atoms with Gasteiger partial charge in [0.15, 0.2) is 9.84 Å². The van der Waals surface area contributed by atoms with Gasteiger partial charge in [-0.25, -0.2) is 13.1 Å². The number of carbonyl (C=O) groups excluding carboxylic acids is 1. The van der Waals surface area contributed by atoms with Crippen LogP contribution < -0.4 is 5.32 Å². The lowest BCUT2D eigenvalue weighted by molar-refractivity contribution is -0.117. The molecule has 0 aliphatic carbocycles. The Labute approximate surface area is 187 Å². The third-order valence-electron chi connectivity index (χ3n) is 6.63. The SMILES string of the molecule is Cc1cc(NC(=O)CN2CCC(c3cc4ccccc4[nH]3)CC2)n(C2CCS(=O)(=O)C2)n1. The molecule has 0 saturated carbocycles. The average Bonchev–Trinajstić information content (AvgIpc) is 3.44. The fourth-order valence-electron chi connectivity index (χ4n) is 4.96. The number of para-hydroxylation sites is 1. The summed E-state index contributed by atoms with van der Waals surface area (Å²) in [6.07, 6.45) is 2.56. The molecule has 2 aliphatic rings. The van der Waals surface area contributed by atoms with E-state index in [4.69, 9.17) is 0 Å². The lowest BCUT2D eigenvalue weighted by Gasteiger charge is -2.31. The zero-order chi connectivity index (χ0) is 22.3. The number of anilines is 1. The number of aryl methyl sites for hydroxylation is 1. The van der Waals surface area contributed by atoms with E-state index >= 15 is 0 Å². The van der Waals surface area contributed by atoms with Crippen LogP contribution in [-0.4, -0.2) is 65.1 Å². The Hall–Kier alpha value is -2.65. The lowest BCUT2D eigenvalue weighted by atomic mass is 9.93. The number of hydrogen-bond acceptors (Lipinski definition) is 5. The van der Waals surface area contributed by atoms with Gasteiger partial charge in [-0.15, -0.1) is 0 Å². The number of nitrogens with zero attached hydrogens (tertiary/aromatic N) is 3. The predicted octanol–water partition coefficient (Wildman–Crippen LogP) is 2.85. The molecule has 3 aromatic rings. The standard InChI is InChI=1S/C23H29N5O3S/c1-16-12-22(28(26-16)19-8-11-32(30,31)15-19)25-23(29)14-27-9-6-17(7-10-27)21-13-18-4-2-3-5-20(18)24-21/h2-5,12-13,17,19,24H,6-11,14-15H2,1H3,(H,25,29). The van der Waals surface area contributed by atoms with E-state index in [1.807, 2.05) is 19.1 Å². The Morgan fingerprint density at radius 1 is 1.19 bits per heavy atom. The van der Waals surface area contributed by atoms with Crippen LogP contribution in [0.2, 0.25) is 0 Å². The Morgan fingerprint density at radius 3 is 2.69 bits per heavy atom. The first-order valence-corrected chi connectivity index (χ1v) is 13.0. The summed E-state index contributed by atoms with van der Waals surface area (Å²) < 4.78 is 25.4. The number of benzene rings is 1. The second-order valence-electron chi connectivity index (χ2n) is 9.08. The van der Waals surface area contributed by atoms with Crippen LogP contribution in [0.1, 0.15) is 42.6 Å². The van der Waals surface area contributed by atoms with Crippen LogP contribution in [0, 0.1) is 6.92 Å². The number of aromatic nitrogens is 3. The van der Waals surface area contributed by atoms with E-state index in [1.165, 1.54) is 16.6 Å². The van der Waals surface area contributed by atoms with Gasteiger partial charge in [-0.05, 0) is 56.8 Å². The first-order chi connectivity index (χ1) is 15.4. The van der Waals surface area contributed by atoms with Gasteiger partial charge in [-0.1, -0.05) is 18.2 Å². The molecule has 4 heterocycles. The summed E-state index contributed by atoms with van der Waals surface area (Å²) in [5, 5.41) is 8.64. The molecule has 1 aromatic carbocycles. The summed E-state index contributed by atoms with van der Waals surface area (Å²) in [6.45, 7) is 3.91. The highest BCUT2D eigenvalue weighted by molar-refractivity contribution is 7.91. The van der Waals surface area contributed by atoms with Crippen molar-refractivity contribution in [3.05, 3.63) is 47.8 Å². The molecule has 0 radical (unpaired) electrons. The summed E-state index contributed by atoms with van der Waals surface area (Å²) in [4.78, 5) is 18.5. The summed E-state index contributed by atoms with van der Waals surface area (Å²) in [7, 11) is -3.02. The third-order valence-corrected chi connectivity index (χ3v) is 8.38. The van der Waals surface area contributed by atoms with E-state index in [0.29, 0.717) is 24.7 Å². The monoisotopic (exact) mass is 455 g/mol. The second-order valence-corrected chi connectivity index (χ2v) is 11.3. The van der Waals surface area contributed by atoms with Crippen molar-refractivity contribution in [2.75, 3.05) is 36.5 Å². The zero-order valence-corrected chi connectivity index (χ0v) is 19.1. The molecule has 170 valence electrons. The largest absolute Gasteiger partial charge is 0.358 e. The molecule has 2 aliphatic heterocycles. The van der Waals surface area contributed by atoms with E-state index in [2.05, 4.69) is 44.6 Å². The molecule has 2 N–H and O–H groups in total. The minimum absolute atomic E-state index is 0.0816. The first kappa shape index (κ1) is 21.2. The highest BCUT2D eigenvalue weighted by Gasteiger charge is 2.31. The van der Waals surface area contributed by atoms with E-state index in [1.54, 1.807) is 4.68 Å². The first-order valence-electron chi connectivity index (χ1n) is 11.2. The van der Waals surface area contributed by atoms with Crippen molar-refractivity contribution in [2.45, 2.75) is 38.1 Å². The molecule has 2 fully saturated rings. The topological polar surface area (TPSA) is 100 Å². The van der Waals surface area contributed by atoms with Crippen molar-refractivity contribution in [1.82, 2.24) is 19.7 Å². The van der Waals surface area contributed by atoms with Gasteiger partial charge in [0.05, 0.1) is 29.8 Å². The van der Waals surface area contributed by atoms with Crippen LogP contribution in [0.3, 0.4) is 0 Å². The second kappa shape index (κ2) is 8.37. The van der Waals surface area contributed by atoms with Gasteiger partial charge >= 0.3 is 0 Å². The maximum atomic E-state index is 12.7. The molecule has 0 spiro atoms. The number of rotatable bonds is 5. The molecular formula is C23H29N5O3S. The molecule has 5 rings (SSSR count). The Morgan fingerprint density at radius 2 is 1.97 bits per heavy atom. The lowest BCUT2D eigenvalue weighted by Crippen LogP contribution is -2.39. The Balaban J connectivity index is 1.17. The highest BCUT2D eigenvalue weighted by Crippen LogP contribution is 2.30. The van der Waals surface area contributed by atoms with Gasteiger partial charge in [0.2, 0.25) is 5.91 Å². The van der Waals surface area contributed by atoms with Crippen LogP contribution >= 0.6 is 0 Å². The fraction of sp³-hybridized carbons (Fsp3) is 0.478. The maximum absolute atomic E-state index is 12.7. The Bertz CT molecular complexity index is 1200. The zero-order valence-electron chi connectivity index (χ0n) is 18.3. The number of hydrogen-bond donors (Lipinski definition) is 2. The minimum atomic E-state index is -3.02. The molecule has 2 aromatic heterocycles. The number of nitrogens with one attached hydrogen (secondary N) is 2. The molecule has 1 amide bonds. The van der Waals surface area contributed by atoms with Crippen molar-refractivity contribution in [2.24, 2.45) is 0 Å². The van der Waals surface area contributed by atoms with E-state index in [-0.39, 0.29) is 23.5 Å². The van der Waals surface area contributed by atoms with Crippen LogP contribution in [0.4, 0.5) is 5.82 Å². The number of likely N-dealkylation sites (tertiary alicyclic amines) is 1. The summed E-state index contributed by atoms with van der Waals surface area (Å²) >= 11 is 0. The fourth-order valence-corrected chi connectivity index (χ4v) is 6.65. The molecule has 1 atom stereocenters. The van der Waals surface area contributed by atoms with Crippen molar-refractivity contribution in [3.63, 3.8) is 0 Å². The number of H-pyrrole nitrogens is 1. The van der Waals surface area contributed by atoms with Crippen molar-refractivity contribution >= 4 is 32.5 Å².